The van der Waals surface area contributed by atoms with Gasteiger partial charge in [0.1, 0.15) is 11.6 Å². The molecular formula is C18H30N4O6. The summed E-state index contributed by atoms with van der Waals surface area (Å²) in [6.07, 6.45) is -0.574. The standard InChI is InChI=1S/C18H30N4O6/c1-11(23)22-8-7-20(15(26)28-16(2,3)4)9-18(22)10-21(14(18)25)12(13(19)24)17(5,6)27/h12,27H,7-10H2,1-6H3,(H2,19,24)/t12-,18?/m1/s1. The molecule has 2 aliphatic heterocycles. The number of piperazine rings is 1. The molecule has 1 unspecified atom stereocenters. The van der Waals surface area contributed by atoms with Crippen molar-refractivity contribution >= 4 is 23.8 Å². The van der Waals surface area contributed by atoms with Gasteiger partial charge in [-0.1, -0.05) is 0 Å². The number of aliphatic hydroxyl groups is 1. The number of amides is 4. The second-order valence-corrected chi connectivity index (χ2v) is 9.00. The molecular weight excluding hydrogens is 368 g/mol. The molecule has 158 valence electrons. The minimum Gasteiger partial charge on any atom is -0.444 e. The average Bonchev–Trinajstić information content (AvgIpc) is 2.50. The molecule has 2 atom stereocenters. The summed E-state index contributed by atoms with van der Waals surface area (Å²) in [6.45, 7) is 9.68. The molecule has 0 bridgehead atoms. The van der Waals surface area contributed by atoms with E-state index in [1.165, 1.54) is 30.6 Å². The summed E-state index contributed by atoms with van der Waals surface area (Å²) in [4.78, 5) is 53.6. The van der Waals surface area contributed by atoms with E-state index in [1.807, 2.05) is 0 Å². The zero-order chi connectivity index (χ0) is 21.7. The molecule has 0 radical (unpaired) electrons. The van der Waals surface area contributed by atoms with Crippen LogP contribution < -0.4 is 5.73 Å². The molecule has 2 heterocycles. The minimum atomic E-state index is -1.55. The molecule has 0 aromatic carbocycles. The summed E-state index contributed by atoms with van der Waals surface area (Å²) in [5, 5.41) is 10.3. The molecule has 2 aliphatic rings. The van der Waals surface area contributed by atoms with E-state index >= 15 is 0 Å². The number of ether oxygens (including phenoxy) is 1. The van der Waals surface area contributed by atoms with Gasteiger partial charge in [-0.3, -0.25) is 14.4 Å². The summed E-state index contributed by atoms with van der Waals surface area (Å²) >= 11 is 0. The Morgan fingerprint density at radius 3 is 2.11 bits per heavy atom. The third-order valence-corrected chi connectivity index (χ3v) is 4.94. The Morgan fingerprint density at radius 1 is 1.14 bits per heavy atom. The van der Waals surface area contributed by atoms with Crippen LogP contribution in [0.15, 0.2) is 0 Å². The molecule has 10 heteroatoms. The number of carbonyl (C=O) groups is 4. The van der Waals surface area contributed by atoms with E-state index in [9.17, 15) is 24.3 Å². The first-order valence-corrected chi connectivity index (χ1v) is 9.19. The van der Waals surface area contributed by atoms with Gasteiger partial charge in [-0.2, -0.15) is 0 Å². The van der Waals surface area contributed by atoms with Gasteiger partial charge >= 0.3 is 6.09 Å². The van der Waals surface area contributed by atoms with Crippen molar-refractivity contribution in [1.82, 2.24) is 14.7 Å². The van der Waals surface area contributed by atoms with Gasteiger partial charge in [0.2, 0.25) is 11.8 Å². The van der Waals surface area contributed by atoms with Crippen molar-refractivity contribution in [2.45, 2.75) is 64.3 Å². The number of carbonyl (C=O) groups excluding carboxylic acids is 4. The molecule has 28 heavy (non-hydrogen) atoms. The van der Waals surface area contributed by atoms with Crippen molar-refractivity contribution < 1.29 is 29.0 Å². The first-order valence-electron chi connectivity index (χ1n) is 9.19. The average molecular weight is 398 g/mol. The molecule has 1 spiro atoms. The smallest absolute Gasteiger partial charge is 0.410 e. The molecule has 2 saturated heterocycles. The highest BCUT2D eigenvalue weighted by atomic mass is 16.6. The van der Waals surface area contributed by atoms with Crippen LogP contribution in [-0.4, -0.2) is 92.6 Å². The van der Waals surface area contributed by atoms with E-state index in [2.05, 4.69) is 0 Å². The number of nitrogens with two attached hydrogens (primary N) is 1. The van der Waals surface area contributed by atoms with Crippen molar-refractivity contribution in [3.63, 3.8) is 0 Å². The number of rotatable bonds is 3. The summed E-state index contributed by atoms with van der Waals surface area (Å²) < 4.78 is 5.38. The van der Waals surface area contributed by atoms with Crippen LogP contribution in [0.4, 0.5) is 4.79 Å². The molecule has 0 aromatic heterocycles. The van der Waals surface area contributed by atoms with Crippen molar-refractivity contribution in [3.05, 3.63) is 0 Å². The molecule has 3 N–H and O–H groups in total. The Morgan fingerprint density at radius 2 is 1.71 bits per heavy atom. The van der Waals surface area contributed by atoms with Crippen LogP contribution in [-0.2, 0) is 19.1 Å². The highest BCUT2D eigenvalue weighted by molar-refractivity contribution is 6.00. The largest absolute Gasteiger partial charge is 0.444 e. The lowest BCUT2D eigenvalue weighted by atomic mass is 9.80. The number of likely N-dealkylation sites (tertiary alicyclic amines) is 1. The SMILES string of the molecule is CC(=O)N1CCN(C(=O)OC(C)(C)C)CC12CN([C@H](C(N)=O)C(C)(C)O)C2=O. The Kier molecular flexibility index (Phi) is 5.41. The van der Waals surface area contributed by atoms with Crippen LogP contribution in [0.25, 0.3) is 0 Å². The topological polar surface area (TPSA) is 133 Å². The van der Waals surface area contributed by atoms with Crippen molar-refractivity contribution in [1.29, 1.82) is 0 Å². The van der Waals surface area contributed by atoms with E-state index in [0.717, 1.165) is 4.90 Å². The second kappa shape index (κ2) is 6.91. The van der Waals surface area contributed by atoms with Crippen molar-refractivity contribution in [3.8, 4) is 0 Å². The monoisotopic (exact) mass is 398 g/mol. The minimum absolute atomic E-state index is 0.0116. The molecule has 0 aliphatic carbocycles. The molecule has 4 amide bonds. The zero-order valence-corrected chi connectivity index (χ0v) is 17.3. The zero-order valence-electron chi connectivity index (χ0n) is 17.3. The van der Waals surface area contributed by atoms with E-state index < -0.39 is 40.7 Å². The Balaban J connectivity index is 2.29. The van der Waals surface area contributed by atoms with Gasteiger partial charge < -0.3 is 30.3 Å². The molecule has 0 saturated carbocycles. The number of primary amides is 1. The van der Waals surface area contributed by atoms with Gasteiger partial charge in [0.05, 0.1) is 18.7 Å². The first-order chi connectivity index (χ1) is 12.6. The van der Waals surface area contributed by atoms with Gasteiger partial charge in [0, 0.05) is 20.0 Å². The Bertz CT molecular complexity index is 695. The fraction of sp³-hybridized carbons (Fsp3) is 0.778. The predicted octanol–water partition coefficient (Wildman–Crippen LogP) is -0.709. The normalized spacial score (nSPS) is 24.1. The van der Waals surface area contributed by atoms with E-state index in [-0.39, 0.29) is 32.1 Å². The maximum atomic E-state index is 13.1. The lowest BCUT2D eigenvalue weighted by molar-refractivity contribution is -0.189. The number of nitrogens with zero attached hydrogens (tertiary/aromatic N) is 3. The maximum Gasteiger partial charge on any atom is 0.410 e. The summed E-state index contributed by atoms with van der Waals surface area (Å²) in [6, 6.07) is -1.24. The summed E-state index contributed by atoms with van der Waals surface area (Å²) in [5.41, 5.74) is 1.85. The summed E-state index contributed by atoms with van der Waals surface area (Å²) in [7, 11) is 0. The molecule has 2 fully saturated rings. The van der Waals surface area contributed by atoms with Crippen molar-refractivity contribution in [2.75, 3.05) is 26.2 Å². The predicted molar refractivity (Wildman–Crippen MR) is 98.9 cm³/mol. The van der Waals surface area contributed by atoms with Gasteiger partial charge in [0.25, 0.3) is 5.91 Å². The highest BCUT2D eigenvalue weighted by Crippen LogP contribution is 2.37. The first kappa shape index (κ1) is 21.9. The number of hydrogen-bond donors (Lipinski definition) is 2. The van der Waals surface area contributed by atoms with Crippen LogP contribution in [0.3, 0.4) is 0 Å². The molecule has 10 nitrogen and oxygen atoms in total. The van der Waals surface area contributed by atoms with E-state index in [4.69, 9.17) is 10.5 Å². The van der Waals surface area contributed by atoms with Gasteiger partial charge in [-0.25, -0.2) is 4.79 Å². The van der Waals surface area contributed by atoms with Crippen LogP contribution in [0.5, 0.6) is 0 Å². The van der Waals surface area contributed by atoms with Crippen LogP contribution in [0, 0.1) is 0 Å². The fourth-order valence-electron chi connectivity index (χ4n) is 3.86. The summed E-state index contributed by atoms with van der Waals surface area (Å²) in [5.74, 6) is -1.68. The quantitative estimate of drug-likeness (QED) is 0.604. The fourth-order valence-corrected chi connectivity index (χ4v) is 3.86. The lowest BCUT2D eigenvalue weighted by Crippen LogP contribution is -2.84. The number of β-lactam (4-membered cyclic amide) rings is 1. The third-order valence-electron chi connectivity index (χ3n) is 4.94. The van der Waals surface area contributed by atoms with Gasteiger partial charge in [0.15, 0.2) is 5.54 Å². The lowest BCUT2D eigenvalue weighted by Gasteiger charge is -2.60. The molecule has 0 aromatic rings. The second-order valence-electron chi connectivity index (χ2n) is 9.00. The van der Waals surface area contributed by atoms with Crippen molar-refractivity contribution in [2.24, 2.45) is 5.73 Å². The highest BCUT2D eigenvalue weighted by Gasteiger charge is 2.63. The van der Waals surface area contributed by atoms with E-state index in [0.29, 0.717) is 0 Å². The van der Waals surface area contributed by atoms with Crippen LogP contribution in [0.1, 0.15) is 41.5 Å². The van der Waals surface area contributed by atoms with Gasteiger partial charge in [-0.15, -0.1) is 0 Å². The Labute approximate surface area is 164 Å². The van der Waals surface area contributed by atoms with Crippen LogP contribution >= 0.6 is 0 Å². The number of hydrogen-bond acceptors (Lipinski definition) is 6. The van der Waals surface area contributed by atoms with Gasteiger partial charge in [-0.05, 0) is 34.6 Å². The third kappa shape index (κ3) is 3.91. The molecule has 2 rings (SSSR count). The maximum absolute atomic E-state index is 13.1. The van der Waals surface area contributed by atoms with E-state index in [1.54, 1.807) is 20.8 Å². The Hall–Kier alpha value is -2.36. The van der Waals surface area contributed by atoms with Crippen LogP contribution in [0.2, 0.25) is 0 Å².